The molecule has 4 aromatic rings. The first-order chi connectivity index (χ1) is 17.4. The Bertz CT molecular complexity index is 1440. The van der Waals surface area contributed by atoms with Crippen molar-refractivity contribution in [2.75, 3.05) is 6.61 Å². The van der Waals surface area contributed by atoms with E-state index in [1.54, 1.807) is 10.8 Å². The van der Waals surface area contributed by atoms with Gasteiger partial charge in [-0.3, -0.25) is 9.55 Å². The summed E-state index contributed by atoms with van der Waals surface area (Å²) in [4.78, 5) is 22.2. The Balaban J connectivity index is 1.62. The van der Waals surface area contributed by atoms with E-state index in [0.717, 1.165) is 33.9 Å². The third kappa shape index (κ3) is 4.73. The van der Waals surface area contributed by atoms with Crippen LogP contribution in [-0.4, -0.2) is 34.1 Å². The Morgan fingerprint density at radius 1 is 1.14 bits per heavy atom. The summed E-state index contributed by atoms with van der Waals surface area (Å²) in [6.45, 7) is 6.91. The molecule has 5 rings (SSSR count). The smallest absolute Gasteiger partial charge is 0.326 e. The van der Waals surface area contributed by atoms with Gasteiger partial charge in [0.05, 0.1) is 17.8 Å². The number of amides is 1. The van der Waals surface area contributed by atoms with Crippen LogP contribution >= 0.6 is 0 Å². The van der Waals surface area contributed by atoms with Gasteiger partial charge in [0.25, 0.3) is 0 Å². The number of carbonyl (C=O) groups excluding carboxylic acids is 1. The molecule has 2 aromatic heterocycles. The number of hydrogen-bond donors (Lipinski definition) is 1. The number of fused-ring (bicyclic) bond motifs is 1. The lowest BCUT2D eigenvalue weighted by atomic mass is 9.97. The molecule has 184 valence electrons. The molecule has 3 heterocycles. The molecule has 1 atom stereocenters. The zero-order valence-corrected chi connectivity index (χ0v) is 20.7. The zero-order chi connectivity index (χ0) is 25.2. The van der Waals surface area contributed by atoms with Gasteiger partial charge in [-0.1, -0.05) is 50.2 Å². The van der Waals surface area contributed by atoms with E-state index >= 15 is 0 Å². The van der Waals surface area contributed by atoms with Crippen molar-refractivity contribution >= 4 is 22.8 Å². The Morgan fingerprint density at radius 2 is 1.94 bits per heavy atom. The minimum absolute atomic E-state index is 0.0845. The van der Waals surface area contributed by atoms with Crippen LogP contribution in [-0.2, 0) is 17.7 Å². The van der Waals surface area contributed by atoms with Crippen LogP contribution in [0.2, 0.25) is 0 Å². The Hall–Kier alpha value is -4.00. The molecule has 36 heavy (non-hydrogen) atoms. The van der Waals surface area contributed by atoms with Crippen molar-refractivity contribution in [1.29, 1.82) is 0 Å². The predicted molar refractivity (Wildman–Crippen MR) is 139 cm³/mol. The molecule has 2 aromatic carbocycles. The number of rotatable bonds is 6. The van der Waals surface area contributed by atoms with Crippen LogP contribution in [0.3, 0.4) is 0 Å². The van der Waals surface area contributed by atoms with E-state index in [-0.39, 0.29) is 24.5 Å². The molecule has 0 aliphatic carbocycles. The highest BCUT2D eigenvalue weighted by molar-refractivity contribution is 6.02. The molecule has 6 nitrogen and oxygen atoms in total. The minimum atomic E-state index is -0.433. The molecule has 1 amide bonds. The van der Waals surface area contributed by atoms with Gasteiger partial charge in [0.1, 0.15) is 12.4 Å². The summed E-state index contributed by atoms with van der Waals surface area (Å²) < 4.78 is 21.2. The third-order valence-corrected chi connectivity index (χ3v) is 6.34. The summed E-state index contributed by atoms with van der Waals surface area (Å²) in [7, 11) is 0. The number of carbonyl (C=O) groups is 1. The third-order valence-electron chi connectivity index (χ3n) is 6.34. The van der Waals surface area contributed by atoms with Crippen molar-refractivity contribution in [2.24, 2.45) is 4.99 Å². The Labute approximate surface area is 209 Å². The van der Waals surface area contributed by atoms with Crippen LogP contribution in [0.1, 0.15) is 54.6 Å². The zero-order valence-electron chi connectivity index (χ0n) is 20.7. The summed E-state index contributed by atoms with van der Waals surface area (Å²) in [5.41, 5.74) is 5.47. The topological polar surface area (TPSA) is 68.5 Å². The molecule has 0 saturated heterocycles. The number of aliphatic imine (C=N–C) groups is 1. The summed E-state index contributed by atoms with van der Waals surface area (Å²) in [5.74, 6) is 0.248. The highest BCUT2D eigenvalue weighted by atomic mass is 19.1. The minimum Gasteiger partial charge on any atom is -0.475 e. The molecule has 0 unspecified atom stereocenters. The van der Waals surface area contributed by atoms with Gasteiger partial charge in [-0.05, 0) is 54.2 Å². The predicted octanol–water partition coefficient (Wildman–Crippen LogP) is 5.81. The van der Waals surface area contributed by atoms with Crippen LogP contribution in [0.15, 0.2) is 72.0 Å². The molecule has 0 fully saturated rings. The average molecular weight is 485 g/mol. The highest BCUT2D eigenvalue weighted by Gasteiger charge is 2.25. The fourth-order valence-corrected chi connectivity index (χ4v) is 4.76. The number of pyridine rings is 1. The van der Waals surface area contributed by atoms with E-state index in [9.17, 15) is 9.18 Å². The molecule has 1 N–H and O–H groups in total. The molecule has 1 aliphatic rings. The fourth-order valence-electron chi connectivity index (χ4n) is 4.76. The number of halogens is 1. The van der Waals surface area contributed by atoms with Gasteiger partial charge in [0, 0.05) is 29.4 Å². The molecule has 0 bridgehead atoms. The first-order valence-electron chi connectivity index (χ1n) is 12.2. The largest absolute Gasteiger partial charge is 0.475 e. The molecule has 1 aliphatic heterocycles. The van der Waals surface area contributed by atoms with Crippen LogP contribution in [0.4, 0.5) is 9.18 Å². The molecule has 0 spiro atoms. The van der Waals surface area contributed by atoms with E-state index in [1.807, 2.05) is 37.3 Å². The first-order valence-corrected chi connectivity index (χ1v) is 12.2. The number of aromatic nitrogens is 2. The lowest BCUT2D eigenvalue weighted by Crippen LogP contribution is -2.30. The number of nitrogens with zero attached hydrogens (tertiary/aromatic N) is 3. The van der Waals surface area contributed by atoms with Gasteiger partial charge < -0.3 is 10.1 Å². The molecular formula is C29H29FN4O2. The SMILES string of the molecule is CC(C)c1c(Cc2ccccc2)c2ccc(C3=N[C@H](C)CO3)cc2n1C(=O)NCc1cncc(F)c1. The number of ether oxygens (including phenoxy) is 1. The number of hydrogen-bond acceptors (Lipinski definition) is 4. The van der Waals surface area contributed by atoms with Crippen molar-refractivity contribution in [3.8, 4) is 0 Å². The molecule has 0 radical (unpaired) electrons. The van der Waals surface area contributed by atoms with Gasteiger partial charge in [0.15, 0.2) is 0 Å². The second kappa shape index (κ2) is 9.93. The van der Waals surface area contributed by atoms with Gasteiger partial charge in [-0.15, -0.1) is 0 Å². The van der Waals surface area contributed by atoms with Crippen molar-refractivity contribution in [2.45, 2.75) is 45.7 Å². The summed E-state index contributed by atoms with van der Waals surface area (Å²) in [6.07, 6.45) is 3.40. The maximum absolute atomic E-state index is 13.7. The second-order valence-corrected chi connectivity index (χ2v) is 9.51. The fraction of sp³-hybridized carbons (Fsp3) is 0.276. The molecule has 7 heteroatoms. The average Bonchev–Trinajstić information content (AvgIpc) is 3.44. The molecular weight excluding hydrogens is 455 g/mol. The van der Waals surface area contributed by atoms with Gasteiger partial charge in [0.2, 0.25) is 5.90 Å². The monoisotopic (exact) mass is 484 g/mol. The first kappa shape index (κ1) is 23.7. The summed E-state index contributed by atoms with van der Waals surface area (Å²) >= 11 is 0. The standard InChI is InChI=1S/C29H29FN4O2/c1-18(2)27-25(12-20-7-5-4-6-8-20)24-10-9-22(28-33-19(3)17-36-28)13-26(24)34(27)29(35)32-15-21-11-23(30)16-31-14-21/h4-11,13-14,16,18-19H,12,15,17H2,1-3H3,(H,32,35)/t19-/m1/s1. The summed E-state index contributed by atoms with van der Waals surface area (Å²) in [5, 5.41) is 3.97. The maximum atomic E-state index is 13.7. The quantitative estimate of drug-likeness (QED) is 0.375. The number of nitrogens with one attached hydrogen (secondary N) is 1. The lowest BCUT2D eigenvalue weighted by molar-refractivity contribution is 0.242. The second-order valence-electron chi connectivity index (χ2n) is 9.51. The lowest BCUT2D eigenvalue weighted by Gasteiger charge is -2.15. The molecule has 0 saturated carbocycles. The van der Waals surface area contributed by atoms with E-state index in [1.165, 1.54) is 11.6 Å². The van der Waals surface area contributed by atoms with E-state index in [2.05, 4.69) is 47.3 Å². The van der Waals surface area contributed by atoms with Crippen molar-refractivity contribution in [3.63, 3.8) is 0 Å². The van der Waals surface area contributed by atoms with E-state index in [0.29, 0.717) is 24.5 Å². The van der Waals surface area contributed by atoms with E-state index < -0.39 is 5.82 Å². The maximum Gasteiger partial charge on any atom is 0.326 e. The summed E-state index contributed by atoms with van der Waals surface area (Å²) in [6, 6.07) is 17.5. The number of benzene rings is 2. The Kier molecular flexibility index (Phi) is 6.55. The van der Waals surface area contributed by atoms with Crippen molar-refractivity contribution in [3.05, 3.63) is 101 Å². The Morgan fingerprint density at radius 3 is 2.64 bits per heavy atom. The van der Waals surface area contributed by atoms with Crippen LogP contribution in [0, 0.1) is 5.82 Å². The van der Waals surface area contributed by atoms with Gasteiger partial charge in [-0.25, -0.2) is 14.2 Å². The van der Waals surface area contributed by atoms with Crippen molar-refractivity contribution in [1.82, 2.24) is 14.9 Å². The van der Waals surface area contributed by atoms with Crippen molar-refractivity contribution < 1.29 is 13.9 Å². The highest BCUT2D eigenvalue weighted by Crippen LogP contribution is 2.34. The normalized spacial score (nSPS) is 15.2. The van der Waals surface area contributed by atoms with Crippen LogP contribution in [0.5, 0.6) is 0 Å². The van der Waals surface area contributed by atoms with E-state index in [4.69, 9.17) is 4.74 Å². The van der Waals surface area contributed by atoms with Gasteiger partial charge in [-0.2, -0.15) is 0 Å². The van der Waals surface area contributed by atoms with Gasteiger partial charge >= 0.3 is 6.03 Å². The van der Waals surface area contributed by atoms with Crippen LogP contribution < -0.4 is 5.32 Å². The van der Waals surface area contributed by atoms with Crippen LogP contribution in [0.25, 0.3) is 10.9 Å².